The first kappa shape index (κ1) is 12.1. The van der Waals surface area contributed by atoms with Gasteiger partial charge in [-0.15, -0.1) is 0 Å². The second kappa shape index (κ2) is 4.70. The molecule has 1 unspecified atom stereocenters. The number of aromatic amines is 1. The number of aromatic nitrogens is 2. The molecular formula is C16H19N3O. The zero-order chi connectivity index (χ0) is 13.5. The molecule has 1 atom stereocenters. The van der Waals surface area contributed by atoms with E-state index in [0.29, 0.717) is 11.3 Å². The Hall–Kier alpha value is -1.68. The van der Waals surface area contributed by atoms with E-state index in [0.717, 1.165) is 23.7 Å². The number of nitrogens with one attached hydrogen (secondary N) is 1. The maximum absolute atomic E-state index is 12.1. The summed E-state index contributed by atoms with van der Waals surface area (Å²) in [5, 5.41) is 0.685. The van der Waals surface area contributed by atoms with Gasteiger partial charge in [0.1, 0.15) is 5.82 Å². The highest BCUT2D eigenvalue weighted by Crippen LogP contribution is 2.33. The van der Waals surface area contributed by atoms with Gasteiger partial charge in [-0.1, -0.05) is 12.1 Å². The lowest BCUT2D eigenvalue weighted by Crippen LogP contribution is -2.48. The van der Waals surface area contributed by atoms with Crippen LogP contribution in [0.25, 0.3) is 10.9 Å². The molecule has 0 amide bonds. The van der Waals surface area contributed by atoms with Gasteiger partial charge in [-0.2, -0.15) is 0 Å². The Balaban J connectivity index is 1.64. The summed E-state index contributed by atoms with van der Waals surface area (Å²) in [6.07, 6.45) is 3.52. The largest absolute Gasteiger partial charge is 0.310 e. The van der Waals surface area contributed by atoms with Crippen LogP contribution in [0.5, 0.6) is 0 Å². The maximum atomic E-state index is 12.1. The van der Waals surface area contributed by atoms with E-state index in [2.05, 4.69) is 14.9 Å². The molecule has 20 heavy (non-hydrogen) atoms. The first-order chi connectivity index (χ1) is 9.79. The predicted molar refractivity (Wildman–Crippen MR) is 78.7 cm³/mol. The third kappa shape index (κ3) is 2.04. The summed E-state index contributed by atoms with van der Waals surface area (Å²) in [5.41, 5.74) is 0.805. The Morgan fingerprint density at radius 1 is 1.25 bits per heavy atom. The average Bonchev–Trinajstić information content (AvgIpc) is 2.48. The lowest BCUT2D eigenvalue weighted by atomic mass is 9.77. The van der Waals surface area contributed by atoms with Crippen LogP contribution in [0.3, 0.4) is 0 Å². The molecule has 1 N–H and O–H groups in total. The van der Waals surface area contributed by atoms with Crippen molar-refractivity contribution in [3.05, 3.63) is 40.4 Å². The fourth-order valence-electron chi connectivity index (χ4n) is 3.80. The second-order valence-electron chi connectivity index (χ2n) is 6.13. The zero-order valence-corrected chi connectivity index (χ0v) is 11.5. The molecule has 104 valence electrons. The summed E-state index contributed by atoms with van der Waals surface area (Å²) in [5.74, 6) is 2.33. The number of rotatable bonds is 2. The highest BCUT2D eigenvalue weighted by Gasteiger charge is 2.34. The number of benzene rings is 1. The van der Waals surface area contributed by atoms with Crippen molar-refractivity contribution in [2.45, 2.75) is 19.3 Å². The molecule has 0 radical (unpaired) electrons. The van der Waals surface area contributed by atoms with Crippen LogP contribution in [0.15, 0.2) is 29.1 Å². The predicted octanol–water partition coefficient (Wildman–Crippen LogP) is 1.81. The van der Waals surface area contributed by atoms with Crippen molar-refractivity contribution in [1.82, 2.24) is 14.9 Å². The Labute approximate surface area is 117 Å². The highest BCUT2D eigenvalue weighted by atomic mass is 16.1. The van der Waals surface area contributed by atoms with E-state index in [4.69, 9.17) is 0 Å². The van der Waals surface area contributed by atoms with E-state index >= 15 is 0 Å². The SMILES string of the molecule is O=c1[nH]c(CC2CN3CCC2CC3)nc2ccccc12. The molecule has 1 aromatic heterocycles. The zero-order valence-electron chi connectivity index (χ0n) is 11.5. The second-order valence-corrected chi connectivity index (χ2v) is 6.13. The molecule has 1 aromatic carbocycles. The molecule has 0 spiro atoms. The van der Waals surface area contributed by atoms with Crippen LogP contribution < -0.4 is 5.56 Å². The molecule has 3 fully saturated rings. The van der Waals surface area contributed by atoms with E-state index < -0.39 is 0 Å². The van der Waals surface area contributed by atoms with Crippen LogP contribution in [0.4, 0.5) is 0 Å². The quantitative estimate of drug-likeness (QED) is 0.904. The van der Waals surface area contributed by atoms with E-state index in [-0.39, 0.29) is 5.56 Å². The number of piperidine rings is 3. The van der Waals surface area contributed by atoms with Crippen molar-refractivity contribution in [3.63, 3.8) is 0 Å². The van der Waals surface area contributed by atoms with E-state index in [1.54, 1.807) is 0 Å². The Bertz CT molecular complexity index is 685. The Morgan fingerprint density at radius 3 is 2.80 bits per heavy atom. The van der Waals surface area contributed by atoms with Gasteiger partial charge in [0.05, 0.1) is 10.9 Å². The molecule has 5 rings (SSSR count). The number of fused-ring (bicyclic) bond motifs is 4. The van der Waals surface area contributed by atoms with E-state index in [1.807, 2.05) is 24.3 Å². The molecule has 3 saturated heterocycles. The van der Waals surface area contributed by atoms with Crippen molar-refractivity contribution in [3.8, 4) is 0 Å². The van der Waals surface area contributed by atoms with Crippen LogP contribution in [0.2, 0.25) is 0 Å². The van der Waals surface area contributed by atoms with Crippen molar-refractivity contribution in [1.29, 1.82) is 0 Å². The minimum absolute atomic E-state index is 0.00752. The van der Waals surface area contributed by atoms with Gasteiger partial charge in [0.15, 0.2) is 0 Å². The van der Waals surface area contributed by atoms with Crippen LogP contribution in [0.1, 0.15) is 18.7 Å². The molecular weight excluding hydrogens is 250 g/mol. The van der Waals surface area contributed by atoms with Crippen LogP contribution in [-0.4, -0.2) is 34.5 Å². The molecule has 2 aromatic rings. The van der Waals surface area contributed by atoms with Gasteiger partial charge in [0.25, 0.3) is 5.56 Å². The molecule has 3 aliphatic rings. The molecule has 4 nitrogen and oxygen atoms in total. The molecule has 0 aliphatic carbocycles. The van der Waals surface area contributed by atoms with Crippen molar-refractivity contribution < 1.29 is 0 Å². The van der Waals surface area contributed by atoms with Crippen LogP contribution >= 0.6 is 0 Å². The average molecular weight is 269 g/mol. The summed E-state index contributed by atoms with van der Waals surface area (Å²) in [7, 11) is 0. The van der Waals surface area contributed by atoms with Gasteiger partial charge in [-0.05, 0) is 49.9 Å². The fraction of sp³-hybridized carbons (Fsp3) is 0.500. The summed E-state index contributed by atoms with van der Waals surface area (Å²) in [6, 6.07) is 7.57. The first-order valence-electron chi connectivity index (χ1n) is 7.50. The van der Waals surface area contributed by atoms with Crippen LogP contribution in [0, 0.1) is 11.8 Å². The van der Waals surface area contributed by atoms with Crippen molar-refractivity contribution in [2.24, 2.45) is 11.8 Å². The number of para-hydroxylation sites is 1. The molecule has 4 heteroatoms. The smallest absolute Gasteiger partial charge is 0.258 e. The highest BCUT2D eigenvalue weighted by molar-refractivity contribution is 5.77. The summed E-state index contributed by atoms with van der Waals surface area (Å²) >= 11 is 0. The van der Waals surface area contributed by atoms with Gasteiger partial charge < -0.3 is 9.88 Å². The molecule has 2 bridgehead atoms. The van der Waals surface area contributed by atoms with Crippen molar-refractivity contribution >= 4 is 10.9 Å². The van der Waals surface area contributed by atoms with E-state index in [1.165, 1.54) is 32.5 Å². The van der Waals surface area contributed by atoms with Gasteiger partial charge in [-0.3, -0.25) is 4.79 Å². The Kier molecular flexibility index (Phi) is 2.84. The third-order valence-electron chi connectivity index (χ3n) is 4.91. The lowest BCUT2D eigenvalue weighted by Gasteiger charge is -2.44. The Morgan fingerprint density at radius 2 is 2.05 bits per heavy atom. The van der Waals surface area contributed by atoms with Gasteiger partial charge >= 0.3 is 0 Å². The monoisotopic (exact) mass is 269 g/mol. The number of H-pyrrole nitrogens is 1. The minimum atomic E-state index is -0.00752. The lowest BCUT2D eigenvalue weighted by molar-refractivity contribution is 0.0503. The maximum Gasteiger partial charge on any atom is 0.258 e. The van der Waals surface area contributed by atoms with Gasteiger partial charge in [-0.25, -0.2) is 4.98 Å². The topological polar surface area (TPSA) is 49.0 Å². The molecule has 3 aliphatic heterocycles. The van der Waals surface area contributed by atoms with Crippen molar-refractivity contribution in [2.75, 3.05) is 19.6 Å². The third-order valence-corrected chi connectivity index (χ3v) is 4.91. The number of hydrogen-bond acceptors (Lipinski definition) is 3. The normalized spacial score (nSPS) is 28.9. The molecule has 0 saturated carbocycles. The fourth-order valence-corrected chi connectivity index (χ4v) is 3.80. The van der Waals surface area contributed by atoms with Crippen LogP contribution in [-0.2, 0) is 6.42 Å². The number of hydrogen-bond donors (Lipinski definition) is 1. The summed E-state index contributed by atoms with van der Waals surface area (Å²) in [6.45, 7) is 3.67. The first-order valence-corrected chi connectivity index (χ1v) is 7.50. The van der Waals surface area contributed by atoms with Gasteiger partial charge in [0.2, 0.25) is 0 Å². The standard InChI is InChI=1S/C16H19N3O/c20-16-13-3-1-2-4-14(13)17-15(18-16)9-12-10-19-7-5-11(12)6-8-19/h1-4,11-12H,5-10H2,(H,17,18,20). The van der Waals surface area contributed by atoms with E-state index in [9.17, 15) is 4.79 Å². The van der Waals surface area contributed by atoms with Gasteiger partial charge in [0, 0.05) is 13.0 Å². The summed E-state index contributed by atoms with van der Waals surface area (Å²) in [4.78, 5) is 22.3. The number of nitrogens with zero attached hydrogens (tertiary/aromatic N) is 2. The summed E-state index contributed by atoms with van der Waals surface area (Å²) < 4.78 is 0. The molecule has 4 heterocycles. The minimum Gasteiger partial charge on any atom is -0.310 e.